The summed E-state index contributed by atoms with van der Waals surface area (Å²) in [5.74, 6) is 0. The van der Waals surface area contributed by atoms with Gasteiger partial charge in [0, 0.05) is 0 Å². The topological polar surface area (TPSA) is 66.8 Å². The fraction of sp³-hybridized carbons (Fsp3) is 1.00. The van der Waals surface area contributed by atoms with Crippen LogP contribution in [0, 0.1) is 0 Å². The fourth-order valence-electron chi connectivity index (χ4n) is 1.26. The Morgan fingerprint density at radius 3 is 2.42 bits per heavy atom. The molecule has 0 radical (unpaired) electrons. The molecule has 1 rings (SSSR count). The molecule has 2 N–H and O–H groups in total. The van der Waals surface area contributed by atoms with Crippen LogP contribution in [-0.4, -0.2) is 48.6 Å². The Bertz CT molecular complexity index is 200. The van der Waals surface area contributed by atoms with Crippen molar-refractivity contribution in [2.75, 3.05) is 6.61 Å². The number of ether oxygens (including phenoxy) is 1. The molecule has 0 aromatic carbocycles. The summed E-state index contributed by atoms with van der Waals surface area (Å²) in [6, 6.07) is 0. The van der Waals surface area contributed by atoms with Crippen LogP contribution in [0.2, 0.25) is 16.6 Å². The normalized spacial score (nSPS) is 37.2. The second kappa shape index (κ2) is 3.54. The molecule has 0 bridgehead atoms. The number of aliphatic hydroxyl groups is 2. The van der Waals surface area contributed by atoms with Gasteiger partial charge in [-0.3, -0.25) is 0 Å². The molecule has 1 aliphatic rings. The van der Waals surface area contributed by atoms with E-state index in [1.807, 2.05) is 0 Å². The van der Waals surface area contributed by atoms with Crippen LogP contribution in [0.4, 0.5) is 0 Å². The van der Waals surface area contributed by atoms with Crippen LogP contribution in [0.25, 0.3) is 0 Å². The summed E-state index contributed by atoms with van der Waals surface area (Å²) in [5, 5.41) is 18.8. The zero-order valence-electron chi connectivity index (χ0n) is 7.30. The Morgan fingerprint density at radius 1 is 1.50 bits per heavy atom. The fourth-order valence-corrected chi connectivity index (χ4v) is 3.75. The maximum atomic E-state index is 11.4. The minimum atomic E-state index is -2.75. The molecule has 12 heavy (non-hydrogen) atoms. The summed E-state index contributed by atoms with van der Waals surface area (Å²) in [4.78, 5) is 0. The first kappa shape index (κ1) is 10.3. The van der Waals surface area contributed by atoms with Gasteiger partial charge in [-0.25, -0.2) is 0 Å². The van der Waals surface area contributed by atoms with E-state index in [2.05, 4.69) is 0 Å². The van der Waals surface area contributed by atoms with Crippen molar-refractivity contribution in [1.29, 1.82) is 0 Å². The third-order valence-electron chi connectivity index (χ3n) is 1.88. The SMILES string of the molecule is C[As](C)(=O)C[C@H]1OCC(O)[C@H]1O. The van der Waals surface area contributed by atoms with Crippen LogP contribution in [0.3, 0.4) is 0 Å². The van der Waals surface area contributed by atoms with Crippen molar-refractivity contribution in [2.24, 2.45) is 0 Å². The van der Waals surface area contributed by atoms with Gasteiger partial charge in [-0.2, -0.15) is 0 Å². The molecule has 0 amide bonds. The van der Waals surface area contributed by atoms with Crippen LogP contribution in [0.1, 0.15) is 0 Å². The Kier molecular flexibility index (Phi) is 3.05. The maximum absolute atomic E-state index is 11.4. The van der Waals surface area contributed by atoms with E-state index in [9.17, 15) is 8.85 Å². The van der Waals surface area contributed by atoms with Gasteiger partial charge in [0.2, 0.25) is 0 Å². The molecule has 1 heterocycles. The molecule has 1 unspecified atom stereocenters. The van der Waals surface area contributed by atoms with Gasteiger partial charge >= 0.3 is 73.7 Å². The summed E-state index contributed by atoms with van der Waals surface area (Å²) in [5.41, 5.74) is 3.41. The van der Waals surface area contributed by atoms with E-state index in [1.165, 1.54) is 0 Å². The van der Waals surface area contributed by atoms with Gasteiger partial charge in [0.05, 0.1) is 0 Å². The van der Waals surface area contributed by atoms with Gasteiger partial charge in [-0.15, -0.1) is 0 Å². The Morgan fingerprint density at radius 2 is 2.08 bits per heavy atom. The average Bonchev–Trinajstić information content (AvgIpc) is 2.16. The molecule has 0 aromatic rings. The molecule has 1 saturated heterocycles. The van der Waals surface area contributed by atoms with E-state index in [0.29, 0.717) is 5.21 Å². The molecule has 3 atom stereocenters. The van der Waals surface area contributed by atoms with E-state index in [-0.39, 0.29) is 6.61 Å². The molecule has 0 spiro atoms. The third-order valence-corrected chi connectivity index (χ3v) is 4.48. The van der Waals surface area contributed by atoms with Crippen molar-refractivity contribution in [3.8, 4) is 0 Å². The minimum absolute atomic E-state index is 0.154. The van der Waals surface area contributed by atoms with E-state index >= 15 is 0 Å². The molecule has 1 fully saturated rings. The van der Waals surface area contributed by atoms with E-state index in [4.69, 9.17) is 9.84 Å². The van der Waals surface area contributed by atoms with Crippen molar-refractivity contribution < 1.29 is 18.7 Å². The zero-order valence-corrected chi connectivity index (χ0v) is 9.18. The van der Waals surface area contributed by atoms with Crippen LogP contribution < -0.4 is 0 Å². The molecule has 5 heteroatoms. The quantitative estimate of drug-likeness (QED) is 0.650. The molecule has 4 nitrogen and oxygen atoms in total. The van der Waals surface area contributed by atoms with Gasteiger partial charge in [0.25, 0.3) is 0 Å². The van der Waals surface area contributed by atoms with Crippen molar-refractivity contribution in [2.45, 2.75) is 34.9 Å². The van der Waals surface area contributed by atoms with Crippen LogP contribution in [-0.2, 0) is 8.48 Å². The van der Waals surface area contributed by atoms with Gasteiger partial charge in [-0.1, -0.05) is 0 Å². The molecule has 0 aliphatic carbocycles. The Hall–Kier alpha value is 0.238. The number of hydrogen-bond acceptors (Lipinski definition) is 4. The number of hydrogen-bond donors (Lipinski definition) is 2. The van der Waals surface area contributed by atoms with E-state index in [0.717, 1.165) is 0 Å². The summed E-state index contributed by atoms with van der Waals surface area (Å²) in [6.45, 7) is 0.154. The second-order valence-corrected chi connectivity index (χ2v) is 11.1. The Balaban J connectivity index is 2.50. The van der Waals surface area contributed by atoms with Crippen molar-refractivity contribution >= 4 is 13.5 Å². The standard InChI is InChI=1S/C7H15AsO4/c1-8(2,11)3-6-7(10)5(9)4-12-6/h5-7,9-10H,3-4H2,1-2H3/t5?,6-,7-/m1/s1. The summed E-state index contributed by atoms with van der Waals surface area (Å²) in [6.07, 6.45) is -2.10. The average molecular weight is 238 g/mol. The first-order valence-electron chi connectivity index (χ1n) is 3.92. The van der Waals surface area contributed by atoms with Crippen LogP contribution in [0.5, 0.6) is 0 Å². The van der Waals surface area contributed by atoms with Crippen molar-refractivity contribution in [3.63, 3.8) is 0 Å². The Labute approximate surface area is 74.2 Å². The van der Waals surface area contributed by atoms with Crippen molar-refractivity contribution in [1.82, 2.24) is 0 Å². The van der Waals surface area contributed by atoms with Crippen LogP contribution >= 0.6 is 0 Å². The number of rotatable bonds is 2. The van der Waals surface area contributed by atoms with Gasteiger partial charge < -0.3 is 0 Å². The molecule has 0 aromatic heterocycles. The monoisotopic (exact) mass is 238 g/mol. The predicted molar refractivity (Wildman–Crippen MR) is 44.7 cm³/mol. The van der Waals surface area contributed by atoms with Gasteiger partial charge in [0.15, 0.2) is 0 Å². The van der Waals surface area contributed by atoms with Crippen LogP contribution in [0.15, 0.2) is 0 Å². The zero-order chi connectivity index (χ0) is 9.35. The third kappa shape index (κ3) is 2.63. The first-order valence-corrected chi connectivity index (χ1v) is 9.76. The molecular formula is C7H15AsO4. The van der Waals surface area contributed by atoms with E-state index < -0.39 is 31.8 Å². The predicted octanol–water partition coefficient (Wildman–Crippen LogP) is -0.257. The summed E-state index contributed by atoms with van der Waals surface area (Å²) >= 11 is -2.75. The van der Waals surface area contributed by atoms with E-state index in [1.54, 1.807) is 11.4 Å². The second-order valence-electron chi connectivity index (χ2n) is 3.69. The molecular weight excluding hydrogens is 223 g/mol. The number of aliphatic hydroxyl groups excluding tert-OH is 2. The van der Waals surface area contributed by atoms with Gasteiger partial charge in [-0.05, 0) is 0 Å². The van der Waals surface area contributed by atoms with Crippen molar-refractivity contribution in [3.05, 3.63) is 0 Å². The summed E-state index contributed by atoms with van der Waals surface area (Å²) < 4.78 is 16.5. The van der Waals surface area contributed by atoms with Gasteiger partial charge in [0.1, 0.15) is 0 Å². The first-order chi connectivity index (χ1) is 5.40. The molecule has 1 aliphatic heterocycles. The molecule has 72 valence electrons. The summed E-state index contributed by atoms with van der Waals surface area (Å²) in [7, 11) is 0. The molecule has 0 saturated carbocycles.